The van der Waals surface area contributed by atoms with Gasteiger partial charge in [0.15, 0.2) is 0 Å². The summed E-state index contributed by atoms with van der Waals surface area (Å²) in [6.07, 6.45) is -0.130. The first kappa shape index (κ1) is 16.1. The van der Waals surface area contributed by atoms with Crippen molar-refractivity contribution in [3.05, 3.63) is 12.2 Å². The minimum absolute atomic E-state index is 0. The SMILES string of the molecule is C=C(C)C(=O)OC(C)[N+](C)(C)CC.[Br-]. The van der Waals surface area contributed by atoms with Crippen LogP contribution in [0.25, 0.3) is 0 Å². The zero-order valence-corrected chi connectivity index (χ0v) is 11.2. The normalized spacial score (nSPS) is 12.6. The van der Waals surface area contributed by atoms with Gasteiger partial charge in [-0.05, 0) is 13.8 Å². The fourth-order valence-electron chi connectivity index (χ4n) is 0.655. The summed E-state index contributed by atoms with van der Waals surface area (Å²) in [6, 6.07) is 0. The third-order valence-corrected chi connectivity index (χ3v) is 2.43. The molecular weight excluding hydrogens is 246 g/mol. The average Bonchev–Trinajstić information content (AvgIpc) is 2.04. The van der Waals surface area contributed by atoms with Crippen molar-refractivity contribution in [2.45, 2.75) is 27.0 Å². The van der Waals surface area contributed by atoms with Crippen molar-refractivity contribution in [3.8, 4) is 0 Å². The van der Waals surface area contributed by atoms with E-state index in [-0.39, 0.29) is 29.2 Å². The number of esters is 1. The van der Waals surface area contributed by atoms with Crippen LogP contribution in [0.2, 0.25) is 0 Å². The lowest BCUT2D eigenvalue weighted by Crippen LogP contribution is -3.00. The smallest absolute Gasteiger partial charge is 0.337 e. The molecular formula is C10H20BrNO2. The van der Waals surface area contributed by atoms with Gasteiger partial charge in [0.2, 0.25) is 6.23 Å². The maximum atomic E-state index is 11.2. The fraction of sp³-hybridized carbons (Fsp3) is 0.700. The van der Waals surface area contributed by atoms with Crippen molar-refractivity contribution in [2.24, 2.45) is 0 Å². The molecule has 4 heteroatoms. The lowest BCUT2D eigenvalue weighted by molar-refractivity contribution is -0.931. The van der Waals surface area contributed by atoms with Crippen LogP contribution in [0.15, 0.2) is 12.2 Å². The Morgan fingerprint density at radius 2 is 1.93 bits per heavy atom. The Bertz CT molecular complexity index is 214. The van der Waals surface area contributed by atoms with Crippen molar-refractivity contribution in [2.75, 3.05) is 20.6 Å². The number of hydrogen-bond donors (Lipinski definition) is 0. The molecule has 0 bridgehead atoms. The van der Waals surface area contributed by atoms with E-state index in [1.54, 1.807) is 6.92 Å². The Morgan fingerprint density at radius 3 is 2.21 bits per heavy atom. The molecule has 0 aliphatic heterocycles. The average molecular weight is 266 g/mol. The maximum absolute atomic E-state index is 11.2. The summed E-state index contributed by atoms with van der Waals surface area (Å²) in [5, 5.41) is 0. The molecule has 14 heavy (non-hydrogen) atoms. The zero-order valence-electron chi connectivity index (χ0n) is 9.63. The number of carbonyl (C=O) groups is 1. The first-order valence-electron chi connectivity index (χ1n) is 4.50. The summed E-state index contributed by atoms with van der Waals surface area (Å²) in [7, 11) is 4.05. The predicted octanol–water partition coefficient (Wildman–Crippen LogP) is -1.45. The Labute approximate surface area is 97.1 Å². The number of rotatable bonds is 4. The lowest BCUT2D eigenvalue weighted by atomic mass is 10.3. The van der Waals surface area contributed by atoms with Gasteiger partial charge in [-0.15, -0.1) is 0 Å². The Morgan fingerprint density at radius 1 is 1.50 bits per heavy atom. The van der Waals surface area contributed by atoms with E-state index in [4.69, 9.17) is 4.74 Å². The quantitative estimate of drug-likeness (QED) is 0.269. The molecule has 0 aliphatic rings. The summed E-state index contributed by atoms with van der Waals surface area (Å²) in [5.41, 5.74) is 0.447. The Hall–Kier alpha value is -0.350. The van der Waals surface area contributed by atoms with Gasteiger partial charge in [0.1, 0.15) is 0 Å². The van der Waals surface area contributed by atoms with Crippen LogP contribution >= 0.6 is 0 Å². The molecule has 0 aromatic heterocycles. The van der Waals surface area contributed by atoms with Crippen LogP contribution in [0.3, 0.4) is 0 Å². The number of halogens is 1. The van der Waals surface area contributed by atoms with Gasteiger partial charge in [0.25, 0.3) is 0 Å². The fourth-order valence-corrected chi connectivity index (χ4v) is 0.655. The van der Waals surface area contributed by atoms with E-state index in [0.717, 1.165) is 6.54 Å². The molecule has 0 amide bonds. The Balaban J connectivity index is 0. The topological polar surface area (TPSA) is 26.3 Å². The molecule has 0 aromatic rings. The minimum Gasteiger partial charge on any atom is -1.00 e. The molecule has 0 rings (SSSR count). The summed E-state index contributed by atoms with van der Waals surface area (Å²) in [4.78, 5) is 11.2. The van der Waals surface area contributed by atoms with E-state index in [9.17, 15) is 4.79 Å². The van der Waals surface area contributed by atoms with Crippen molar-refractivity contribution in [1.29, 1.82) is 0 Å². The summed E-state index contributed by atoms with van der Waals surface area (Å²) < 4.78 is 5.87. The second-order valence-electron chi connectivity index (χ2n) is 3.88. The summed E-state index contributed by atoms with van der Waals surface area (Å²) in [6.45, 7) is 10.1. The van der Waals surface area contributed by atoms with E-state index in [2.05, 4.69) is 13.5 Å². The molecule has 1 atom stereocenters. The number of ether oxygens (including phenoxy) is 1. The highest BCUT2D eigenvalue weighted by Gasteiger charge is 2.25. The van der Waals surface area contributed by atoms with Gasteiger partial charge in [-0.2, -0.15) is 0 Å². The highest BCUT2D eigenvalue weighted by molar-refractivity contribution is 5.86. The van der Waals surface area contributed by atoms with E-state index in [1.807, 2.05) is 21.0 Å². The molecule has 3 nitrogen and oxygen atoms in total. The van der Waals surface area contributed by atoms with Crippen LogP contribution in [0.1, 0.15) is 20.8 Å². The minimum atomic E-state index is -0.313. The van der Waals surface area contributed by atoms with E-state index >= 15 is 0 Å². The van der Waals surface area contributed by atoms with Gasteiger partial charge in [-0.25, -0.2) is 4.79 Å². The van der Waals surface area contributed by atoms with Gasteiger partial charge < -0.3 is 21.7 Å². The third-order valence-electron chi connectivity index (χ3n) is 2.43. The van der Waals surface area contributed by atoms with Crippen molar-refractivity contribution in [3.63, 3.8) is 0 Å². The molecule has 0 aromatic carbocycles. The van der Waals surface area contributed by atoms with Gasteiger partial charge in [-0.3, -0.25) is 4.48 Å². The molecule has 0 N–H and O–H groups in total. The second kappa shape index (κ2) is 6.19. The van der Waals surface area contributed by atoms with Gasteiger partial charge >= 0.3 is 5.97 Å². The Kier molecular flexibility index (Phi) is 7.12. The van der Waals surface area contributed by atoms with Crippen molar-refractivity contribution in [1.82, 2.24) is 0 Å². The summed E-state index contributed by atoms with van der Waals surface area (Å²) in [5.74, 6) is -0.313. The van der Waals surface area contributed by atoms with Crippen LogP contribution in [-0.4, -0.2) is 37.3 Å². The van der Waals surface area contributed by atoms with Crippen LogP contribution in [0.5, 0.6) is 0 Å². The molecule has 0 spiro atoms. The first-order valence-corrected chi connectivity index (χ1v) is 4.50. The molecule has 0 fully saturated rings. The lowest BCUT2D eigenvalue weighted by Gasteiger charge is -2.33. The molecule has 1 unspecified atom stereocenters. The van der Waals surface area contributed by atoms with Crippen LogP contribution in [-0.2, 0) is 9.53 Å². The third kappa shape index (κ3) is 4.77. The molecule has 0 heterocycles. The molecule has 0 saturated carbocycles. The molecule has 0 saturated heterocycles. The highest BCUT2D eigenvalue weighted by atomic mass is 79.9. The molecule has 84 valence electrons. The van der Waals surface area contributed by atoms with Crippen molar-refractivity contribution >= 4 is 5.97 Å². The standard InChI is InChI=1S/C10H20NO2.BrH/c1-7-11(5,6)9(4)13-10(12)8(2)3;/h9H,2,7H2,1,3-6H3;1H/q+1;/p-1. The monoisotopic (exact) mass is 265 g/mol. The van der Waals surface area contributed by atoms with E-state index in [1.165, 1.54) is 0 Å². The van der Waals surface area contributed by atoms with Crippen molar-refractivity contribution < 1.29 is 31.0 Å². The predicted molar refractivity (Wildman–Crippen MR) is 53.0 cm³/mol. The van der Waals surface area contributed by atoms with Crippen LogP contribution < -0.4 is 17.0 Å². The van der Waals surface area contributed by atoms with E-state index in [0.29, 0.717) is 10.1 Å². The largest absolute Gasteiger partial charge is 1.00 e. The van der Waals surface area contributed by atoms with Gasteiger partial charge in [-0.1, -0.05) is 6.58 Å². The maximum Gasteiger partial charge on any atom is 0.337 e. The number of carbonyl (C=O) groups excluding carboxylic acids is 1. The van der Waals surface area contributed by atoms with Gasteiger partial charge in [0.05, 0.1) is 20.6 Å². The van der Waals surface area contributed by atoms with Gasteiger partial charge in [0, 0.05) is 12.5 Å². The van der Waals surface area contributed by atoms with Crippen LogP contribution in [0.4, 0.5) is 0 Å². The summed E-state index contributed by atoms with van der Waals surface area (Å²) >= 11 is 0. The first-order chi connectivity index (χ1) is 5.81. The van der Waals surface area contributed by atoms with E-state index < -0.39 is 0 Å². The molecule has 0 aliphatic carbocycles. The van der Waals surface area contributed by atoms with Crippen LogP contribution in [0, 0.1) is 0 Å². The zero-order chi connectivity index (χ0) is 10.6. The number of hydrogen-bond acceptors (Lipinski definition) is 2. The highest BCUT2D eigenvalue weighted by Crippen LogP contribution is 2.09. The number of nitrogens with zero attached hydrogens (tertiary/aromatic N) is 1. The second-order valence-corrected chi connectivity index (χ2v) is 3.88. The number of quaternary nitrogens is 1. The molecule has 0 radical (unpaired) electrons.